The third-order valence-corrected chi connectivity index (χ3v) is 4.55. The molecule has 1 aromatic heterocycles. The Kier molecular flexibility index (Phi) is 4.06. The second-order valence-corrected chi connectivity index (χ2v) is 6.64. The van der Waals surface area contributed by atoms with Crippen molar-refractivity contribution in [2.24, 2.45) is 0 Å². The topological polar surface area (TPSA) is 58.1 Å². The number of halogens is 1. The number of rotatable bonds is 3. The van der Waals surface area contributed by atoms with E-state index in [0.29, 0.717) is 5.13 Å². The number of amides is 1. The number of aromatic nitrogens is 2. The molecule has 1 aliphatic rings. The van der Waals surface area contributed by atoms with Crippen LogP contribution >= 0.6 is 11.3 Å². The van der Waals surface area contributed by atoms with Crippen LogP contribution in [0, 0.1) is 12.7 Å². The van der Waals surface area contributed by atoms with E-state index in [1.165, 1.54) is 17.4 Å². The second kappa shape index (κ2) is 6.00. The summed E-state index contributed by atoms with van der Waals surface area (Å²) in [5.74, 6) is -0.373. The Morgan fingerprint density at radius 3 is 3.05 bits per heavy atom. The molecular weight excluding hydrogens is 303 g/mol. The zero-order chi connectivity index (χ0) is 15.7. The molecule has 1 unspecified atom stereocenters. The average molecular weight is 320 g/mol. The number of carbonyl (C=O) groups excluding carboxylic acids is 1. The van der Waals surface area contributed by atoms with Crippen molar-refractivity contribution >= 4 is 28.1 Å². The van der Waals surface area contributed by atoms with E-state index >= 15 is 0 Å². The van der Waals surface area contributed by atoms with Gasteiger partial charge in [0.05, 0.1) is 6.54 Å². The summed E-state index contributed by atoms with van der Waals surface area (Å²) in [5, 5.41) is 11.8. The van der Waals surface area contributed by atoms with Gasteiger partial charge in [-0.1, -0.05) is 11.3 Å². The molecule has 3 rings (SSSR count). The van der Waals surface area contributed by atoms with E-state index in [-0.39, 0.29) is 24.3 Å². The fourth-order valence-corrected chi connectivity index (χ4v) is 3.30. The fourth-order valence-electron chi connectivity index (χ4n) is 2.69. The van der Waals surface area contributed by atoms with E-state index < -0.39 is 0 Å². The highest BCUT2D eigenvalue weighted by molar-refractivity contribution is 7.15. The van der Waals surface area contributed by atoms with Crippen molar-refractivity contribution in [1.29, 1.82) is 0 Å². The number of anilines is 2. The predicted octanol–water partition coefficient (Wildman–Crippen LogP) is 2.77. The Balaban J connectivity index is 1.75. The minimum Gasteiger partial charge on any atom is -0.359 e. The van der Waals surface area contributed by atoms with Gasteiger partial charge in [-0.2, -0.15) is 0 Å². The number of benzene rings is 1. The van der Waals surface area contributed by atoms with Crippen LogP contribution in [-0.2, 0) is 11.2 Å². The quantitative estimate of drug-likeness (QED) is 0.945. The van der Waals surface area contributed by atoms with Crippen LogP contribution in [-0.4, -0.2) is 28.7 Å². The molecule has 2 aromatic rings. The SMILES string of the molecule is Cc1nnc(NC(=O)CN2c3ccc(F)cc3CCC2C)s1. The fraction of sp³-hybridized carbons (Fsp3) is 0.400. The van der Waals surface area contributed by atoms with Gasteiger partial charge in [-0.3, -0.25) is 10.1 Å². The van der Waals surface area contributed by atoms with E-state index in [1.807, 2.05) is 11.8 Å². The zero-order valence-corrected chi connectivity index (χ0v) is 13.3. The van der Waals surface area contributed by atoms with Crippen molar-refractivity contribution in [1.82, 2.24) is 10.2 Å². The first-order valence-electron chi connectivity index (χ1n) is 7.18. The molecule has 1 amide bonds. The van der Waals surface area contributed by atoms with Crippen molar-refractivity contribution in [3.8, 4) is 0 Å². The molecule has 0 spiro atoms. The van der Waals surface area contributed by atoms with Gasteiger partial charge in [-0.05, 0) is 50.5 Å². The molecule has 0 fully saturated rings. The molecule has 1 N–H and O–H groups in total. The lowest BCUT2D eigenvalue weighted by atomic mass is 9.96. The lowest BCUT2D eigenvalue weighted by Gasteiger charge is -2.36. The summed E-state index contributed by atoms with van der Waals surface area (Å²) in [5.41, 5.74) is 1.89. The van der Waals surface area contributed by atoms with Crippen molar-refractivity contribution in [2.45, 2.75) is 32.7 Å². The number of aryl methyl sites for hydroxylation is 2. The molecule has 1 atom stereocenters. The Bertz CT molecular complexity index is 703. The molecular formula is C15H17FN4OS. The first-order chi connectivity index (χ1) is 10.5. The highest BCUT2D eigenvalue weighted by Crippen LogP contribution is 2.31. The Labute approximate surface area is 132 Å². The summed E-state index contributed by atoms with van der Waals surface area (Å²) in [6.07, 6.45) is 1.74. The summed E-state index contributed by atoms with van der Waals surface area (Å²) in [4.78, 5) is 14.2. The molecule has 5 nitrogen and oxygen atoms in total. The van der Waals surface area contributed by atoms with Crippen LogP contribution in [0.2, 0.25) is 0 Å². The summed E-state index contributed by atoms with van der Waals surface area (Å²) >= 11 is 1.34. The molecule has 116 valence electrons. The van der Waals surface area contributed by atoms with Crippen LogP contribution in [0.25, 0.3) is 0 Å². The van der Waals surface area contributed by atoms with Crippen LogP contribution in [0.3, 0.4) is 0 Å². The lowest BCUT2D eigenvalue weighted by Crippen LogP contribution is -2.42. The Morgan fingerprint density at radius 2 is 2.32 bits per heavy atom. The molecule has 0 saturated carbocycles. The number of fused-ring (bicyclic) bond motifs is 1. The minimum atomic E-state index is -0.234. The average Bonchev–Trinajstić information content (AvgIpc) is 2.87. The van der Waals surface area contributed by atoms with Gasteiger partial charge in [-0.25, -0.2) is 4.39 Å². The summed E-state index contributed by atoms with van der Waals surface area (Å²) in [6.45, 7) is 4.14. The predicted molar refractivity (Wildman–Crippen MR) is 84.8 cm³/mol. The summed E-state index contributed by atoms with van der Waals surface area (Å²) in [7, 11) is 0. The molecule has 0 aliphatic carbocycles. The van der Waals surface area contributed by atoms with E-state index in [9.17, 15) is 9.18 Å². The number of hydrogen-bond donors (Lipinski definition) is 1. The van der Waals surface area contributed by atoms with Gasteiger partial charge < -0.3 is 4.90 Å². The third kappa shape index (κ3) is 3.09. The zero-order valence-electron chi connectivity index (χ0n) is 12.5. The highest BCUT2D eigenvalue weighted by Gasteiger charge is 2.25. The first kappa shape index (κ1) is 14.9. The van der Waals surface area contributed by atoms with E-state index in [2.05, 4.69) is 22.4 Å². The van der Waals surface area contributed by atoms with E-state index in [4.69, 9.17) is 0 Å². The van der Waals surface area contributed by atoms with Gasteiger partial charge in [0.1, 0.15) is 10.8 Å². The van der Waals surface area contributed by atoms with Gasteiger partial charge in [0.25, 0.3) is 0 Å². The van der Waals surface area contributed by atoms with Crippen LogP contribution in [0.5, 0.6) is 0 Å². The van der Waals surface area contributed by atoms with Crippen molar-refractivity contribution < 1.29 is 9.18 Å². The molecule has 7 heteroatoms. The monoisotopic (exact) mass is 320 g/mol. The van der Waals surface area contributed by atoms with E-state index in [1.54, 1.807) is 12.1 Å². The minimum absolute atomic E-state index is 0.139. The molecule has 2 heterocycles. The van der Waals surface area contributed by atoms with Gasteiger partial charge in [0.15, 0.2) is 0 Å². The molecule has 1 aromatic carbocycles. The van der Waals surface area contributed by atoms with Crippen LogP contribution in [0.4, 0.5) is 15.2 Å². The highest BCUT2D eigenvalue weighted by atomic mass is 32.1. The van der Waals surface area contributed by atoms with Crippen LogP contribution < -0.4 is 10.2 Å². The van der Waals surface area contributed by atoms with Gasteiger partial charge in [0.2, 0.25) is 11.0 Å². The summed E-state index contributed by atoms with van der Waals surface area (Å²) < 4.78 is 13.4. The molecule has 1 aliphatic heterocycles. The molecule has 0 bridgehead atoms. The number of hydrogen-bond acceptors (Lipinski definition) is 5. The van der Waals surface area contributed by atoms with Crippen molar-refractivity contribution in [2.75, 3.05) is 16.8 Å². The third-order valence-electron chi connectivity index (χ3n) is 3.80. The van der Waals surface area contributed by atoms with Crippen molar-refractivity contribution in [3.05, 3.63) is 34.6 Å². The largest absolute Gasteiger partial charge is 0.359 e. The summed E-state index contributed by atoms with van der Waals surface area (Å²) in [6, 6.07) is 4.98. The smallest absolute Gasteiger partial charge is 0.245 e. The Morgan fingerprint density at radius 1 is 1.50 bits per heavy atom. The Hall–Kier alpha value is -2.02. The molecule has 0 saturated heterocycles. The second-order valence-electron chi connectivity index (χ2n) is 5.46. The maximum atomic E-state index is 13.4. The van der Waals surface area contributed by atoms with Gasteiger partial charge in [-0.15, -0.1) is 10.2 Å². The number of nitrogens with one attached hydrogen (secondary N) is 1. The lowest BCUT2D eigenvalue weighted by molar-refractivity contribution is -0.115. The maximum Gasteiger partial charge on any atom is 0.245 e. The van der Waals surface area contributed by atoms with Crippen LogP contribution in [0.15, 0.2) is 18.2 Å². The normalized spacial score (nSPS) is 17.2. The van der Waals surface area contributed by atoms with E-state index in [0.717, 1.165) is 29.1 Å². The number of nitrogens with zero attached hydrogens (tertiary/aromatic N) is 3. The first-order valence-corrected chi connectivity index (χ1v) is 7.99. The van der Waals surface area contributed by atoms with Gasteiger partial charge >= 0.3 is 0 Å². The molecule has 0 radical (unpaired) electrons. The maximum absolute atomic E-state index is 13.4. The van der Waals surface area contributed by atoms with Crippen molar-refractivity contribution in [3.63, 3.8) is 0 Å². The van der Waals surface area contributed by atoms with Gasteiger partial charge in [0, 0.05) is 11.7 Å². The number of carbonyl (C=O) groups is 1. The molecule has 22 heavy (non-hydrogen) atoms. The van der Waals surface area contributed by atoms with Crippen LogP contribution in [0.1, 0.15) is 23.9 Å². The standard InChI is InChI=1S/C15H17FN4OS/c1-9-3-4-11-7-12(16)5-6-13(11)20(9)8-14(21)17-15-19-18-10(2)22-15/h5-7,9H,3-4,8H2,1-2H3,(H,17,19,21).